The van der Waals surface area contributed by atoms with Crippen LogP contribution >= 0.6 is 0 Å². The van der Waals surface area contributed by atoms with Crippen LogP contribution in [0.15, 0.2) is 64.3 Å². The van der Waals surface area contributed by atoms with Gasteiger partial charge in [0.2, 0.25) is 11.7 Å². The van der Waals surface area contributed by atoms with Crippen LogP contribution in [0.2, 0.25) is 0 Å². The quantitative estimate of drug-likeness (QED) is 0.457. The smallest absolute Gasteiger partial charge is 0.262 e. The molecule has 164 valence electrons. The Morgan fingerprint density at radius 2 is 1.69 bits per heavy atom. The zero-order chi connectivity index (χ0) is 22.9. The van der Waals surface area contributed by atoms with Gasteiger partial charge in [0.15, 0.2) is 0 Å². The molecular formula is C24H24N4O3S. The second kappa shape index (κ2) is 8.55. The van der Waals surface area contributed by atoms with E-state index in [1.807, 2.05) is 52.0 Å². The molecule has 0 spiro atoms. The molecule has 0 radical (unpaired) electrons. The number of aryl methyl sites for hydroxylation is 2. The van der Waals surface area contributed by atoms with Crippen molar-refractivity contribution in [2.45, 2.75) is 39.0 Å². The van der Waals surface area contributed by atoms with Crippen molar-refractivity contribution in [1.82, 2.24) is 15.1 Å². The third-order valence-electron chi connectivity index (χ3n) is 5.56. The van der Waals surface area contributed by atoms with Gasteiger partial charge in [-0.25, -0.2) is 8.42 Å². The van der Waals surface area contributed by atoms with Gasteiger partial charge in [-0.2, -0.15) is 4.98 Å². The van der Waals surface area contributed by atoms with E-state index in [1.165, 1.54) is 0 Å². The number of pyridine rings is 1. The molecule has 0 fully saturated rings. The molecule has 2 heterocycles. The molecule has 0 saturated heterocycles. The van der Waals surface area contributed by atoms with E-state index >= 15 is 0 Å². The van der Waals surface area contributed by atoms with Crippen molar-refractivity contribution in [3.05, 3.63) is 88.6 Å². The maximum Gasteiger partial charge on any atom is 0.262 e. The predicted octanol–water partition coefficient (Wildman–Crippen LogP) is 4.76. The molecule has 0 unspecified atom stereocenters. The van der Waals surface area contributed by atoms with Gasteiger partial charge >= 0.3 is 0 Å². The van der Waals surface area contributed by atoms with Crippen molar-refractivity contribution < 1.29 is 12.9 Å². The lowest BCUT2D eigenvalue weighted by Gasteiger charge is -2.18. The molecule has 0 atom stereocenters. The van der Waals surface area contributed by atoms with E-state index in [0.717, 1.165) is 33.4 Å². The molecule has 4 aromatic rings. The van der Waals surface area contributed by atoms with E-state index in [0.29, 0.717) is 22.3 Å². The van der Waals surface area contributed by atoms with Crippen molar-refractivity contribution in [2.24, 2.45) is 0 Å². The van der Waals surface area contributed by atoms with Gasteiger partial charge < -0.3 is 4.52 Å². The SMILES string of the molecule is Cc1cc(C)c(C)c(S(=O)(=O)Nc2ccccc2Cc2nc(-c3cccnc3)no2)c1C. The number of sulfonamides is 1. The van der Waals surface area contributed by atoms with Crippen LogP contribution in [0.4, 0.5) is 5.69 Å². The highest BCUT2D eigenvalue weighted by Gasteiger charge is 2.23. The summed E-state index contributed by atoms with van der Waals surface area (Å²) >= 11 is 0. The van der Waals surface area contributed by atoms with E-state index < -0.39 is 10.0 Å². The van der Waals surface area contributed by atoms with Crippen LogP contribution < -0.4 is 4.72 Å². The first-order chi connectivity index (χ1) is 15.3. The summed E-state index contributed by atoms with van der Waals surface area (Å²) in [6, 6.07) is 12.9. The van der Waals surface area contributed by atoms with Gasteiger partial charge in [0.1, 0.15) is 0 Å². The molecule has 0 saturated carbocycles. The summed E-state index contributed by atoms with van der Waals surface area (Å²) in [5.41, 5.74) is 5.33. The summed E-state index contributed by atoms with van der Waals surface area (Å²) in [5, 5.41) is 4.01. The fourth-order valence-electron chi connectivity index (χ4n) is 3.66. The van der Waals surface area contributed by atoms with Crippen LogP contribution in [0, 0.1) is 27.7 Å². The molecule has 0 amide bonds. The first kappa shape index (κ1) is 21.7. The number of hydrogen-bond donors (Lipinski definition) is 1. The van der Waals surface area contributed by atoms with Crippen molar-refractivity contribution in [1.29, 1.82) is 0 Å². The molecule has 8 heteroatoms. The van der Waals surface area contributed by atoms with E-state index in [1.54, 1.807) is 30.6 Å². The normalized spacial score (nSPS) is 11.5. The van der Waals surface area contributed by atoms with Crippen LogP contribution in [-0.2, 0) is 16.4 Å². The molecule has 4 rings (SSSR count). The lowest BCUT2D eigenvalue weighted by atomic mass is 10.0. The summed E-state index contributed by atoms with van der Waals surface area (Å²) in [6.45, 7) is 7.51. The fraction of sp³-hybridized carbons (Fsp3) is 0.208. The van der Waals surface area contributed by atoms with E-state index in [9.17, 15) is 8.42 Å². The average molecular weight is 449 g/mol. The Labute approximate surface area is 187 Å². The summed E-state index contributed by atoms with van der Waals surface area (Å²) in [4.78, 5) is 8.81. The number of benzene rings is 2. The zero-order valence-electron chi connectivity index (χ0n) is 18.4. The molecule has 0 aliphatic carbocycles. The monoisotopic (exact) mass is 448 g/mol. The highest BCUT2D eigenvalue weighted by molar-refractivity contribution is 7.92. The highest BCUT2D eigenvalue weighted by Crippen LogP contribution is 2.29. The molecule has 32 heavy (non-hydrogen) atoms. The van der Waals surface area contributed by atoms with Gasteiger partial charge in [-0.05, 0) is 73.7 Å². The van der Waals surface area contributed by atoms with Gasteiger partial charge in [0.25, 0.3) is 10.0 Å². The Balaban J connectivity index is 1.65. The topological polar surface area (TPSA) is 98.0 Å². The Hall–Kier alpha value is -3.52. The molecule has 2 aromatic carbocycles. The maximum absolute atomic E-state index is 13.4. The minimum Gasteiger partial charge on any atom is -0.339 e. The molecule has 0 aliphatic rings. The van der Waals surface area contributed by atoms with Crippen molar-refractivity contribution in [2.75, 3.05) is 4.72 Å². The largest absolute Gasteiger partial charge is 0.339 e. The minimum atomic E-state index is -3.80. The van der Waals surface area contributed by atoms with Crippen LogP contribution in [0.3, 0.4) is 0 Å². The number of nitrogens with one attached hydrogen (secondary N) is 1. The first-order valence-electron chi connectivity index (χ1n) is 10.2. The van der Waals surface area contributed by atoms with Crippen LogP contribution in [0.25, 0.3) is 11.4 Å². The summed E-state index contributed by atoms with van der Waals surface area (Å²) in [5.74, 6) is 0.821. The van der Waals surface area contributed by atoms with Crippen LogP contribution in [-0.4, -0.2) is 23.5 Å². The highest BCUT2D eigenvalue weighted by atomic mass is 32.2. The predicted molar refractivity (Wildman–Crippen MR) is 123 cm³/mol. The van der Waals surface area contributed by atoms with Crippen molar-refractivity contribution in [3.8, 4) is 11.4 Å². The molecular weight excluding hydrogens is 424 g/mol. The third kappa shape index (κ3) is 4.27. The van der Waals surface area contributed by atoms with E-state index in [2.05, 4.69) is 19.8 Å². The Morgan fingerprint density at radius 1 is 0.969 bits per heavy atom. The molecule has 0 bridgehead atoms. The fourth-order valence-corrected chi connectivity index (χ4v) is 5.37. The zero-order valence-corrected chi connectivity index (χ0v) is 19.2. The van der Waals surface area contributed by atoms with Crippen LogP contribution in [0.1, 0.15) is 33.7 Å². The summed E-state index contributed by atoms with van der Waals surface area (Å²) in [7, 11) is -3.80. The Bertz CT molecular complexity index is 1350. The summed E-state index contributed by atoms with van der Waals surface area (Å²) in [6.07, 6.45) is 3.62. The van der Waals surface area contributed by atoms with Gasteiger partial charge in [0, 0.05) is 18.0 Å². The second-order valence-electron chi connectivity index (χ2n) is 7.78. The molecule has 2 aromatic heterocycles. The maximum atomic E-state index is 13.4. The van der Waals surface area contributed by atoms with E-state index in [4.69, 9.17) is 4.52 Å². The van der Waals surface area contributed by atoms with Crippen LogP contribution in [0.5, 0.6) is 0 Å². The minimum absolute atomic E-state index is 0.288. The average Bonchev–Trinajstić information content (AvgIpc) is 3.23. The summed E-state index contributed by atoms with van der Waals surface area (Å²) < 4.78 is 34.9. The van der Waals surface area contributed by atoms with Gasteiger partial charge in [-0.15, -0.1) is 0 Å². The lowest BCUT2D eigenvalue weighted by molar-refractivity contribution is 0.386. The Morgan fingerprint density at radius 3 is 2.38 bits per heavy atom. The Kier molecular flexibility index (Phi) is 5.80. The third-order valence-corrected chi connectivity index (χ3v) is 7.20. The number of nitrogens with zero attached hydrogens (tertiary/aromatic N) is 3. The number of anilines is 1. The number of para-hydroxylation sites is 1. The van der Waals surface area contributed by atoms with Crippen molar-refractivity contribution >= 4 is 15.7 Å². The van der Waals surface area contributed by atoms with Gasteiger partial charge in [-0.3, -0.25) is 9.71 Å². The van der Waals surface area contributed by atoms with Gasteiger partial charge in [0.05, 0.1) is 17.0 Å². The van der Waals surface area contributed by atoms with E-state index in [-0.39, 0.29) is 6.42 Å². The number of aromatic nitrogens is 3. The molecule has 0 aliphatic heterocycles. The number of rotatable bonds is 6. The standard InChI is InChI=1S/C24H24N4O3S/c1-15-12-16(2)18(4)23(17(15)3)32(29,30)28-21-10-6-5-8-19(21)13-22-26-24(27-31-22)20-9-7-11-25-14-20/h5-12,14,28H,13H2,1-4H3. The number of hydrogen-bond acceptors (Lipinski definition) is 6. The lowest BCUT2D eigenvalue weighted by Crippen LogP contribution is -2.18. The second-order valence-corrected chi connectivity index (χ2v) is 9.40. The van der Waals surface area contributed by atoms with Crippen molar-refractivity contribution in [3.63, 3.8) is 0 Å². The first-order valence-corrected chi connectivity index (χ1v) is 11.7. The molecule has 7 nitrogen and oxygen atoms in total. The van der Waals surface area contributed by atoms with Gasteiger partial charge in [-0.1, -0.05) is 29.4 Å². The molecule has 1 N–H and O–H groups in total.